The second-order valence-electron chi connectivity index (χ2n) is 4.84. The number of nitrogens with two attached hydrogens (primary N) is 1. The van der Waals surface area contributed by atoms with E-state index in [9.17, 15) is 10.0 Å². The van der Waals surface area contributed by atoms with Crippen LogP contribution in [0.5, 0.6) is 0 Å². The molecule has 3 rings (SSSR count). The van der Waals surface area contributed by atoms with Crippen LogP contribution in [0.15, 0.2) is 71.3 Å². The summed E-state index contributed by atoms with van der Waals surface area (Å²) in [5, 5.41) is 18.4. The Balaban J connectivity index is 2.04. The highest BCUT2D eigenvalue weighted by molar-refractivity contribution is 6.58. The van der Waals surface area contributed by atoms with E-state index in [2.05, 4.69) is 0 Å². The predicted octanol–water partition coefficient (Wildman–Crippen LogP) is 2.01. The number of anilines is 4. The van der Waals surface area contributed by atoms with Crippen molar-refractivity contribution in [2.75, 3.05) is 10.6 Å². The van der Waals surface area contributed by atoms with Crippen molar-refractivity contribution in [2.24, 2.45) is 0 Å². The predicted molar refractivity (Wildman–Crippen MR) is 87.6 cm³/mol. The number of nitrogens with zero attached hydrogens (tertiary/aromatic N) is 1. The standard InChI is InChI=1S/C16H15BN2O3/c18-13-5-9-15(10-6-13)19(16-2-1-11-22-16)14-7-3-12(4-8-14)17(20)21/h1-11,20-21H,18H2. The summed E-state index contributed by atoms with van der Waals surface area (Å²) in [7, 11) is -1.48. The van der Waals surface area contributed by atoms with Gasteiger partial charge in [0.25, 0.3) is 0 Å². The van der Waals surface area contributed by atoms with Gasteiger partial charge in [-0.2, -0.15) is 0 Å². The van der Waals surface area contributed by atoms with Gasteiger partial charge < -0.3 is 20.2 Å². The zero-order valence-electron chi connectivity index (χ0n) is 11.8. The minimum Gasteiger partial charge on any atom is -0.448 e. The van der Waals surface area contributed by atoms with Gasteiger partial charge in [-0.15, -0.1) is 0 Å². The normalized spacial score (nSPS) is 10.5. The average molecular weight is 294 g/mol. The largest absolute Gasteiger partial charge is 0.488 e. The molecule has 0 amide bonds. The molecule has 22 heavy (non-hydrogen) atoms. The number of hydrogen-bond acceptors (Lipinski definition) is 5. The van der Waals surface area contributed by atoms with E-state index in [-0.39, 0.29) is 0 Å². The minimum absolute atomic E-state index is 0.431. The highest BCUT2D eigenvalue weighted by atomic mass is 16.4. The van der Waals surface area contributed by atoms with Gasteiger partial charge in [0.1, 0.15) is 0 Å². The molecule has 0 aliphatic rings. The Labute approximate surface area is 128 Å². The molecular formula is C16H15BN2O3. The third-order valence-electron chi connectivity index (χ3n) is 3.33. The monoisotopic (exact) mass is 294 g/mol. The second kappa shape index (κ2) is 5.97. The van der Waals surface area contributed by atoms with Crippen molar-refractivity contribution in [3.05, 3.63) is 66.9 Å². The highest BCUT2D eigenvalue weighted by Gasteiger charge is 2.16. The van der Waals surface area contributed by atoms with Crippen molar-refractivity contribution in [3.63, 3.8) is 0 Å². The molecule has 0 bridgehead atoms. The van der Waals surface area contributed by atoms with Crippen LogP contribution in [0, 0.1) is 0 Å². The summed E-state index contributed by atoms with van der Waals surface area (Å²) in [6, 6.07) is 18.0. The molecular weight excluding hydrogens is 279 g/mol. The van der Waals surface area contributed by atoms with Gasteiger partial charge in [-0.05, 0) is 47.9 Å². The van der Waals surface area contributed by atoms with Crippen molar-refractivity contribution in [1.82, 2.24) is 0 Å². The van der Waals surface area contributed by atoms with E-state index in [1.54, 1.807) is 30.5 Å². The molecule has 0 aliphatic heterocycles. The second-order valence-corrected chi connectivity index (χ2v) is 4.84. The molecule has 5 nitrogen and oxygen atoms in total. The van der Waals surface area contributed by atoms with Crippen LogP contribution in [-0.2, 0) is 0 Å². The van der Waals surface area contributed by atoms with E-state index in [1.165, 1.54) is 0 Å². The Hall–Kier alpha value is -2.70. The van der Waals surface area contributed by atoms with E-state index >= 15 is 0 Å². The zero-order valence-corrected chi connectivity index (χ0v) is 11.8. The maximum absolute atomic E-state index is 9.19. The van der Waals surface area contributed by atoms with Crippen LogP contribution in [0.3, 0.4) is 0 Å². The molecule has 0 spiro atoms. The lowest BCUT2D eigenvalue weighted by Gasteiger charge is -2.22. The van der Waals surface area contributed by atoms with E-state index in [1.807, 2.05) is 41.3 Å². The van der Waals surface area contributed by atoms with Crippen molar-refractivity contribution in [1.29, 1.82) is 0 Å². The Bertz CT molecular complexity index is 725. The number of rotatable bonds is 4. The summed E-state index contributed by atoms with van der Waals surface area (Å²) in [5.74, 6) is 0.655. The van der Waals surface area contributed by atoms with Gasteiger partial charge in [-0.3, -0.25) is 4.90 Å². The first-order valence-corrected chi connectivity index (χ1v) is 6.80. The first-order valence-electron chi connectivity index (χ1n) is 6.80. The first-order chi connectivity index (χ1) is 10.6. The molecule has 0 saturated carbocycles. The fraction of sp³-hybridized carbons (Fsp3) is 0. The molecule has 6 heteroatoms. The van der Waals surface area contributed by atoms with Gasteiger partial charge in [0, 0.05) is 23.1 Å². The molecule has 1 aromatic heterocycles. The van der Waals surface area contributed by atoms with Crippen molar-refractivity contribution < 1.29 is 14.5 Å². The lowest BCUT2D eigenvalue weighted by molar-refractivity contribution is 0.426. The van der Waals surface area contributed by atoms with Gasteiger partial charge in [0.2, 0.25) is 5.88 Å². The van der Waals surface area contributed by atoms with Gasteiger partial charge in [-0.1, -0.05) is 12.1 Å². The Morgan fingerprint density at radius 2 is 1.45 bits per heavy atom. The van der Waals surface area contributed by atoms with Gasteiger partial charge >= 0.3 is 7.12 Å². The van der Waals surface area contributed by atoms with Crippen molar-refractivity contribution in [3.8, 4) is 0 Å². The summed E-state index contributed by atoms with van der Waals surface area (Å²) in [6.45, 7) is 0. The number of hydrogen-bond donors (Lipinski definition) is 3. The lowest BCUT2D eigenvalue weighted by atomic mass is 9.80. The van der Waals surface area contributed by atoms with Crippen molar-refractivity contribution >= 4 is 35.5 Å². The van der Waals surface area contributed by atoms with Gasteiger partial charge in [0.05, 0.1) is 6.26 Å². The number of furan rings is 1. The molecule has 0 unspecified atom stereocenters. The summed E-state index contributed by atoms with van der Waals surface area (Å²) >= 11 is 0. The average Bonchev–Trinajstić information content (AvgIpc) is 3.04. The van der Waals surface area contributed by atoms with Crippen LogP contribution in [-0.4, -0.2) is 17.2 Å². The summed E-state index contributed by atoms with van der Waals surface area (Å²) < 4.78 is 5.51. The van der Waals surface area contributed by atoms with Gasteiger partial charge in [0.15, 0.2) is 0 Å². The maximum Gasteiger partial charge on any atom is 0.488 e. The molecule has 110 valence electrons. The quantitative estimate of drug-likeness (QED) is 0.506. The number of benzene rings is 2. The van der Waals surface area contributed by atoms with Crippen LogP contribution < -0.4 is 16.1 Å². The van der Waals surface area contributed by atoms with Crippen LogP contribution >= 0.6 is 0 Å². The fourth-order valence-corrected chi connectivity index (χ4v) is 2.22. The van der Waals surface area contributed by atoms with Crippen LogP contribution in [0.1, 0.15) is 0 Å². The molecule has 4 N–H and O–H groups in total. The molecule has 0 radical (unpaired) electrons. The first kappa shape index (κ1) is 14.3. The maximum atomic E-state index is 9.19. The molecule has 2 aromatic carbocycles. The molecule has 1 heterocycles. The Morgan fingerprint density at radius 3 is 1.95 bits per heavy atom. The van der Waals surface area contributed by atoms with Gasteiger partial charge in [-0.25, -0.2) is 0 Å². The van der Waals surface area contributed by atoms with Crippen molar-refractivity contribution in [2.45, 2.75) is 0 Å². The van der Waals surface area contributed by atoms with Crippen LogP contribution in [0.2, 0.25) is 0 Å². The van der Waals surface area contributed by atoms with Crippen LogP contribution in [0.25, 0.3) is 0 Å². The Morgan fingerprint density at radius 1 is 0.864 bits per heavy atom. The lowest BCUT2D eigenvalue weighted by Crippen LogP contribution is -2.29. The molecule has 0 atom stereocenters. The SMILES string of the molecule is Nc1ccc(N(c2ccc(B(O)O)cc2)c2ccco2)cc1. The summed E-state index contributed by atoms with van der Waals surface area (Å²) in [4.78, 5) is 1.91. The highest BCUT2D eigenvalue weighted by Crippen LogP contribution is 2.34. The van der Waals surface area contributed by atoms with Crippen LogP contribution in [0.4, 0.5) is 22.9 Å². The topological polar surface area (TPSA) is 82.9 Å². The molecule has 0 fully saturated rings. The third-order valence-corrected chi connectivity index (χ3v) is 3.33. The number of nitrogen functional groups attached to an aromatic ring is 1. The summed E-state index contributed by atoms with van der Waals surface area (Å²) in [5.41, 5.74) is 8.58. The van der Waals surface area contributed by atoms with E-state index in [0.717, 1.165) is 11.4 Å². The Kier molecular flexibility index (Phi) is 3.87. The zero-order chi connectivity index (χ0) is 15.5. The smallest absolute Gasteiger partial charge is 0.448 e. The summed E-state index contributed by atoms with van der Waals surface area (Å²) in [6.07, 6.45) is 1.60. The van der Waals surface area contributed by atoms with E-state index in [4.69, 9.17) is 10.2 Å². The molecule has 0 saturated heterocycles. The molecule has 0 aliphatic carbocycles. The fourth-order valence-electron chi connectivity index (χ4n) is 2.22. The van der Waals surface area contributed by atoms with E-state index in [0.29, 0.717) is 17.0 Å². The third kappa shape index (κ3) is 2.83. The minimum atomic E-state index is -1.48. The van der Waals surface area contributed by atoms with E-state index < -0.39 is 7.12 Å². The molecule has 3 aromatic rings.